The van der Waals surface area contributed by atoms with Gasteiger partial charge in [0.2, 0.25) is 0 Å². The van der Waals surface area contributed by atoms with E-state index in [4.69, 9.17) is 4.74 Å². The summed E-state index contributed by atoms with van der Waals surface area (Å²) in [6, 6.07) is 9.38. The molecule has 1 aliphatic heterocycles. The summed E-state index contributed by atoms with van der Waals surface area (Å²) in [5, 5.41) is 0. The first-order valence-electron chi connectivity index (χ1n) is 7.23. The second-order valence-electron chi connectivity index (χ2n) is 4.96. The Morgan fingerprint density at radius 2 is 2.10 bits per heavy atom. The van der Waals surface area contributed by atoms with E-state index in [1.807, 2.05) is 30.3 Å². The van der Waals surface area contributed by atoms with Crippen molar-refractivity contribution in [1.29, 1.82) is 0 Å². The second kappa shape index (κ2) is 7.49. The number of carbonyl (C=O) groups excluding carboxylic acids is 2. The lowest BCUT2D eigenvalue weighted by molar-refractivity contribution is -0.150. The van der Waals surface area contributed by atoms with Crippen LogP contribution in [-0.4, -0.2) is 36.5 Å². The highest BCUT2D eigenvalue weighted by atomic mass is 16.5. The maximum atomic E-state index is 12.1. The van der Waals surface area contributed by atoms with Crippen LogP contribution in [0.4, 0.5) is 0 Å². The van der Waals surface area contributed by atoms with E-state index in [0.717, 1.165) is 18.4 Å². The van der Waals surface area contributed by atoms with Gasteiger partial charge in [-0.1, -0.05) is 24.1 Å². The monoisotopic (exact) mass is 285 g/mol. The first kappa shape index (κ1) is 15.1. The van der Waals surface area contributed by atoms with Crippen molar-refractivity contribution in [2.24, 2.45) is 5.92 Å². The SMILES string of the molecule is CCOC(=O)C1CCCN(C(=O)C#Cc2ccccc2)C1. The number of hydrogen-bond acceptors (Lipinski definition) is 3. The number of ether oxygens (including phenoxy) is 1. The van der Waals surface area contributed by atoms with Crippen molar-refractivity contribution in [1.82, 2.24) is 4.90 Å². The van der Waals surface area contributed by atoms with E-state index in [1.165, 1.54) is 0 Å². The van der Waals surface area contributed by atoms with Gasteiger partial charge in [-0.3, -0.25) is 9.59 Å². The summed E-state index contributed by atoms with van der Waals surface area (Å²) in [6.45, 7) is 3.21. The summed E-state index contributed by atoms with van der Waals surface area (Å²) in [5.74, 6) is 4.83. The van der Waals surface area contributed by atoms with Gasteiger partial charge < -0.3 is 9.64 Å². The average Bonchev–Trinajstić information content (AvgIpc) is 2.54. The first-order valence-corrected chi connectivity index (χ1v) is 7.23. The summed E-state index contributed by atoms with van der Waals surface area (Å²) < 4.78 is 5.03. The summed E-state index contributed by atoms with van der Waals surface area (Å²) >= 11 is 0. The molecule has 0 bridgehead atoms. The average molecular weight is 285 g/mol. The van der Waals surface area contributed by atoms with Gasteiger partial charge in [-0.2, -0.15) is 0 Å². The molecule has 0 spiro atoms. The second-order valence-corrected chi connectivity index (χ2v) is 4.96. The zero-order valence-corrected chi connectivity index (χ0v) is 12.2. The molecule has 4 heteroatoms. The Morgan fingerprint density at radius 1 is 1.33 bits per heavy atom. The number of amides is 1. The molecular formula is C17H19NO3. The lowest BCUT2D eigenvalue weighted by Gasteiger charge is -2.30. The molecule has 1 saturated heterocycles. The lowest BCUT2D eigenvalue weighted by Crippen LogP contribution is -2.42. The van der Waals surface area contributed by atoms with Crippen molar-refractivity contribution in [2.45, 2.75) is 19.8 Å². The highest BCUT2D eigenvalue weighted by molar-refractivity contribution is 5.94. The lowest BCUT2D eigenvalue weighted by atomic mass is 9.98. The van der Waals surface area contributed by atoms with Crippen LogP contribution >= 0.6 is 0 Å². The third kappa shape index (κ3) is 4.35. The Hall–Kier alpha value is -2.28. The molecule has 1 fully saturated rings. The van der Waals surface area contributed by atoms with Crippen molar-refractivity contribution in [3.8, 4) is 11.8 Å². The number of hydrogen-bond donors (Lipinski definition) is 0. The molecule has 0 aromatic heterocycles. The summed E-state index contributed by atoms with van der Waals surface area (Å²) in [4.78, 5) is 25.5. The molecule has 0 radical (unpaired) electrons. The quantitative estimate of drug-likeness (QED) is 0.615. The Bertz CT molecular complexity index is 556. The molecule has 1 aromatic carbocycles. The van der Waals surface area contributed by atoms with Crippen molar-refractivity contribution < 1.29 is 14.3 Å². The Balaban J connectivity index is 1.96. The zero-order valence-electron chi connectivity index (χ0n) is 12.2. The standard InChI is InChI=1S/C17H19NO3/c1-2-21-17(20)15-9-6-12-18(13-15)16(19)11-10-14-7-4-3-5-8-14/h3-5,7-8,15H,2,6,9,12-13H2,1H3. The van der Waals surface area contributed by atoms with E-state index in [-0.39, 0.29) is 17.8 Å². The molecule has 1 atom stereocenters. The van der Waals surface area contributed by atoms with Crippen molar-refractivity contribution in [3.63, 3.8) is 0 Å². The van der Waals surface area contributed by atoms with E-state index in [1.54, 1.807) is 11.8 Å². The fourth-order valence-electron chi connectivity index (χ4n) is 2.34. The van der Waals surface area contributed by atoms with Crippen LogP contribution in [0, 0.1) is 17.8 Å². The molecule has 0 N–H and O–H groups in total. The van der Waals surface area contributed by atoms with Crippen molar-refractivity contribution in [2.75, 3.05) is 19.7 Å². The summed E-state index contributed by atoms with van der Waals surface area (Å²) in [5.41, 5.74) is 0.810. The molecule has 21 heavy (non-hydrogen) atoms. The fourth-order valence-corrected chi connectivity index (χ4v) is 2.34. The third-order valence-electron chi connectivity index (χ3n) is 3.42. The molecule has 0 aliphatic carbocycles. The highest BCUT2D eigenvalue weighted by Gasteiger charge is 2.28. The van der Waals surface area contributed by atoms with E-state index in [2.05, 4.69) is 11.8 Å². The molecule has 110 valence electrons. The van der Waals surface area contributed by atoms with Gasteiger partial charge >= 0.3 is 5.97 Å². The number of likely N-dealkylation sites (tertiary alicyclic amines) is 1. The molecular weight excluding hydrogens is 266 g/mol. The van der Waals surface area contributed by atoms with Crippen LogP contribution < -0.4 is 0 Å². The number of rotatable bonds is 2. The van der Waals surface area contributed by atoms with E-state index in [9.17, 15) is 9.59 Å². The van der Waals surface area contributed by atoms with Gasteiger partial charge in [-0.05, 0) is 31.9 Å². The normalized spacial score (nSPS) is 17.6. The maximum Gasteiger partial charge on any atom is 0.310 e. The minimum atomic E-state index is -0.229. The Labute approximate surface area is 125 Å². The molecule has 1 heterocycles. The fraction of sp³-hybridized carbons (Fsp3) is 0.412. The summed E-state index contributed by atoms with van der Waals surface area (Å²) in [7, 11) is 0. The van der Waals surface area contributed by atoms with Gasteiger partial charge in [0.15, 0.2) is 0 Å². The molecule has 1 unspecified atom stereocenters. The molecule has 1 amide bonds. The van der Waals surface area contributed by atoms with Crippen LogP contribution in [0.15, 0.2) is 30.3 Å². The van der Waals surface area contributed by atoms with Crippen molar-refractivity contribution in [3.05, 3.63) is 35.9 Å². The van der Waals surface area contributed by atoms with E-state index < -0.39 is 0 Å². The molecule has 0 saturated carbocycles. The van der Waals surface area contributed by atoms with E-state index in [0.29, 0.717) is 19.7 Å². The van der Waals surface area contributed by atoms with Gasteiger partial charge in [0.1, 0.15) is 0 Å². The third-order valence-corrected chi connectivity index (χ3v) is 3.42. The topological polar surface area (TPSA) is 46.6 Å². The number of piperidine rings is 1. The Kier molecular flexibility index (Phi) is 5.39. The van der Waals surface area contributed by atoms with Crippen LogP contribution in [0.25, 0.3) is 0 Å². The highest BCUT2D eigenvalue weighted by Crippen LogP contribution is 2.17. The van der Waals surface area contributed by atoms with Gasteiger partial charge in [0, 0.05) is 24.6 Å². The minimum absolute atomic E-state index is 0.217. The Morgan fingerprint density at radius 3 is 2.81 bits per heavy atom. The van der Waals surface area contributed by atoms with Crippen LogP contribution in [0.2, 0.25) is 0 Å². The van der Waals surface area contributed by atoms with Gasteiger partial charge in [-0.25, -0.2) is 0 Å². The molecule has 1 aliphatic rings. The predicted octanol–water partition coefficient (Wildman–Crippen LogP) is 1.84. The number of esters is 1. The zero-order chi connectivity index (χ0) is 15.1. The predicted molar refractivity (Wildman–Crippen MR) is 79.3 cm³/mol. The largest absolute Gasteiger partial charge is 0.466 e. The van der Waals surface area contributed by atoms with Crippen LogP contribution in [0.1, 0.15) is 25.3 Å². The number of nitrogens with zero attached hydrogens (tertiary/aromatic N) is 1. The number of carbonyl (C=O) groups is 2. The van der Waals surface area contributed by atoms with Crippen LogP contribution in [0.3, 0.4) is 0 Å². The minimum Gasteiger partial charge on any atom is -0.466 e. The van der Waals surface area contributed by atoms with Gasteiger partial charge in [-0.15, -0.1) is 0 Å². The van der Waals surface area contributed by atoms with Crippen LogP contribution in [0.5, 0.6) is 0 Å². The first-order chi connectivity index (χ1) is 10.2. The van der Waals surface area contributed by atoms with E-state index >= 15 is 0 Å². The van der Waals surface area contributed by atoms with Gasteiger partial charge in [0.25, 0.3) is 5.91 Å². The smallest absolute Gasteiger partial charge is 0.310 e. The number of benzene rings is 1. The maximum absolute atomic E-state index is 12.1. The van der Waals surface area contributed by atoms with Crippen LogP contribution in [-0.2, 0) is 14.3 Å². The molecule has 2 rings (SSSR count). The van der Waals surface area contributed by atoms with Crippen molar-refractivity contribution >= 4 is 11.9 Å². The molecule has 4 nitrogen and oxygen atoms in total. The summed E-state index contributed by atoms with van der Waals surface area (Å²) in [6.07, 6.45) is 1.58. The van der Waals surface area contributed by atoms with Gasteiger partial charge in [0.05, 0.1) is 12.5 Å². The molecule has 1 aromatic rings.